The maximum atomic E-state index is 6.12. The molecule has 2 heterocycles. The molecule has 2 aromatic carbocycles. The van der Waals surface area contributed by atoms with Gasteiger partial charge in [0.05, 0.1) is 18.8 Å². The fraction of sp³-hybridized carbons (Fsp3) is 0.360. The van der Waals surface area contributed by atoms with Gasteiger partial charge in [-0.15, -0.1) is 0 Å². The number of nitrogens with one attached hydrogen (secondary N) is 1. The van der Waals surface area contributed by atoms with E-state index in [1.807, 2.05) is 0 Å². The molecule has 3 aliphatic rings. The Morgan fingerprint density at radius 1 is 1.07 bits per heavy atom. The maximum absolute atomic E-state index is 6.12. The highest BCUT2D eigenvalue weighted by molar-refractivity contribution is 5.83. The lowest BCUT2D eigenvalue weighted by molar-refractivity contribution is 0.0777. The van der Waals surface area contributed by atoms with Gasteiger partial charge in [0.25, 0.3) is 0 Å². The van der Waals surface area contributed by atoms with Crippen molar-refractivity contribution in [1.29, 1.82) is 0 Å². The van der Waals surface area contributed by atoms with E-state index < -0.39 is 0 Å². The number of hydrogen-bond acceptors (Lipinski definition) is 2. The van der Waals surface area contributed by atoms with Gasteiger partial charge >= 0.3 is 0 Å². The molecule has 3 nitrogen and oxygen atoms in total. The van der Waals surface area contributed by atoms with Crippen LogP contribution in [0.2, 0.25) is 0 Å². The summed E-state index contributed by atoms with van der Waals surface area (Å²) < 4.78 is 6.12. The average molecular weight is 370 g/mol. The Hall–Kier alpha value is -2.36. The summed E-state index contributed by atoms with van der Waals surface area (Å²) >= 11 is 0. The fourth-order valence-electron chi connectivity index (χ4n) is 5.79. The number of likely N-dealkylation sites (tertiary alicyclic amines) is 1. The summed E-state index contributed by atoms with van der Waals surface area (Å²) in [5, 5.41) is 1.37. The molecule has 3 heteroatoms. The molecule has 3 aromatic rings. The number of nitrogens with zero attached hydrogens (tertiary/aromatic N) is 1. The standard InChI is InChI=1S/C25H26N2O/c1-2-6-18(7-3-1)16-28-17-20-14-21-10-12-25(21)24(20)27(25)13-11-19-15-26-23-9-5-4-8-22(19)23/h1-10,12,15,20-21,24,26H,11,13-14,16-17H2. The van der Waals surface area contributed by atoms with Crippen molar-refractivity contribution >= 4 is 10.9 Å². The molecule has 1 N–H and O–H groups in total. The number of piperidine rings is 1. The van der Waals surface area contributed by atoms with Crippen LogP contribution in [-0.2, 0) is 17.8 Å². The highest BCUT2D eigenvalue weighted by atomic mass is 16.5. The summed E-state index contributed by atoms with van der Waals surface area (Å²) in [4.78, 5) is 6.15. The minimum atomic E-state index is 0.368. The van der Waals surface area contributed by atoms with Crippen LogP contribution < -0.4 is 0 Å². The van der Waals surface area contributed by atoms with E-state index in [0.29, 0.717) is 17.5 Å². The van der Waals surface area contributed by atoms with Crippen LogP contribution in [-0.4, -0.2) is 34.6 Å². The molecule has 1 aliphatic heterocycles. The minimum Gasteiger partial charge on any atom is -0.376 e. The lowest BCUT2D eigenvalue weighted by Gasteiger charge is -2.29. The van der Waals surface area contributed by atoms with Crippen molar-refractivity contribution in [2.75, 3.05) is 13.2 Å². The number of aromatic nitrogens is 1. The first-order chi connectivity index (χ1) is 13.9. The number of hydrogen-bond donors (Lipinski definition) is 1. The van der Waals surface area contributed by atoms with Crippen LogP contribution >= 0.6 is 0 Å². The van der Waals surface area contributed by atoms with E-state index in [-0.39, 0.29) is 0 Å². The van der Waals surface area contributed by atoms with Crippen LogP contribution in [0, 0.1) is 11.8 Å². The van der Waals surface area contributed by atoms with Crippen molar-refractivity contribution in [1.82, 2.24) is 9.88 Å². The largest absolute Gasteiger partial charge is 0.376 e. The highest BCUT2D eigenvalue weighted by Gasteiger charge is 2.73. The zero-order valence-corrected chi connectivity index (χ0v) is 16.1. The van der Waals surface area contributed by atoms with Crippen LogP contribution in [0.4, 0.5) is 0 Å². The molecule has 0 bridgehead atoms. The number of rotatable bonds is 7. The Labute approximate surface area is 166 Å². The van der Waals surface area contributed by atoms with Gasteiger partial charge in [-0.1, -0.05) is 60.7 Å². The highest BCUT2D eigenvalue weighted by Crippen LogP contribution is 2.64. The van der Waals surface area contributed by atoms with Gasteiger partial charge in [-0.05, 0) is 30.0 Å². The average Bonchev–Trinajstić information content (AvgIpc) is 3.16. The summed E-state index contributed by atoms with van der Waals surface area (Å²) in [5.74, 6) is 1.40. The molecular weight excluding hydrogens is 344 g/mol. The SMILES string of the molecule is C1=CC23C1CC(COCc1ccccc1)C2N3CCc1c[nH]c2ccccc12. The van der Waals surface area contributed by atoms with Crippen molar-refractivity contribution in [2.45, 2.75) is 31.0 Å². The van der Waals surface area contributed by atoms with Gasteiger partial charge in [0.15, 0.2) is 0 Å². The van der Waals surface area contributed by atoms with Crippen LogP contribution in [0.15, 0.2) is 72.9 Å². The Morgan fingerprint density at radius 3 is 2.79 bits per heavy atom. The van der Waals surface area contributed by atoms with Crippen molar-refractivity contribution in [3.05, 3.63) is 84.1 Å². The molecule has 5 unspecified atom stereocenters. The quantitative estimate of drug-likeness (QED) is 0.488. The lowest BCUT2D eigenvalue weighted by Crippen LogP contribution is -2.32. The van der Waals surface area contributed by atoms with Crippen molar-refractivity contribution in [2.24, 2.45) is 11.8 Å². The van der Waals surface area contributed by atoms with E-state index in [1.165, 1.54) is 28.5 Å². The van der Waals surface area contributed by atoms with Crippen LogP contribution in [0.1, 0.15) is 17.5 Å². The zero-order valence-electron chi connectivity index (χ0n) is 16.1. The summed E-state index contributed by atoms with van der Waals surface area (Å²) in [6, 6.07) is 19.8. The third kappa shape index (κ3) is 2.43. The number of fused-ring (bicyclic) bond motifs is 1. The first-order valence-corrected chi connectivity index (χ1v) is 10.5. The molecule has 1 saturated carbocycles. The number of ether oxygens (including phenoxy) is 1. The Bertz CT molecular complexity index is 1020. The second-order valence-corrected chi connectivity index (χ2v) is 8.60. The molecule has 0 radical (unpaired) electrons. The smallest absolute Gasteiger partial charge is 0.0717 e. The minimum absolute atomic E-state index is 0.368. The first kappa shape index (κ1) is 16.6. The molecule has 1 saturated heterocycles. The van der Waals surface area contributed by atoms with Gasteiger partial charge in [0, 0.05) is 41.5 Å². The molecule has 6 rings (SSSR count). The molecule has 0 amide bonds. The predicted octanol–water partition coefficient (Wildman–Crippen LogP) is 4.56. The number of aromatic amines is 1. The summed E-state index contributed by atoms with van der Waals surface area (Å²) in [6.45, 7) is 2.75. The van der Waals surface area contributed by atoms with Crippen molar-refractivity contribution < 1.29 is 4.74 Å². The molecular formula is C25H26N2O. The Balaban J connectivity index is 1.10. The van der Waals surface area contributed by atoms with Gasteiger partial charge in [0.1, 0.15) is 0 Å². The molecule has 142 valence electrons. The molecule has 1 spiro atoms. The lowest BCUT2D eigenvalue weighted by atomic mass is 9.83. The van der Waals surface area contributed by atoms with Crippen molar-refractivity contribution in [3.8, 4) is 0 Å². The topological polar surface area (TPSA) is 28.0 Å². The zero-order chi connectivity index (χ0) is 18.6. The molecule has 1 aromatic heterocycles. The van der Waals surface area contributed by atoms with E-state index in [9.17, 15) is 0 Å². The van der Waals surface area contributed by atoms with Gasteiger partial charge in [0.2, 0.25) is 0 Å². The molecule has 28 heavy (non-hydrogen) atoms. The van der Waals surface area contributed by atoms with Gasteiger partial charge in [-0.25, -0.2) is 0 Å². The second-order valence-electron chi connectivity index (χ2n) is 8.60. The molecule has 2 aliphatic carbocycles. The summed E-state index contributed by atoms with van der Waals surface area (Å²) in [5.41, 5.74) is 4.32. The normalized spacial score (nSPS) is 32.1. The van der Waals surface area contributed by atoms with E-state index in [2.05, 4.69) is 82.8 Å². The van der Waals surface area contributed by atoms with E-state index in [0.717, 1.165) is 32.1 Å². The van der Waals surface area contributed by atoms with E-state index in [4.69, 9.17) is 4.74 Å². The molecule has 2 fully saturated rings. The monoisotopic (exact) mass is 370 g/mol. The third-order valence-corrected chi connectivity index (χ3v) is 7.17. The predicted molar refractivity (Wildman–Crippen MR) is 112 cm³/mol. The van der Waals surface area contributed by atoms with Crippen molar-refractivity contribution in [3.63, 3.8) is 0 Å². The van der Waals surface area contributed by atoms with E-state index in [1.54, 1.807) is 0 Å². The van der Waals surface area contributed by atoms with E-state index >= 15 is 0 Å². The van der Waals surface area contributed by atoms with Crippen LogP contribution in [0.3, 0.4) is 0 Å². The third-order valence-electron chi connectivity index (χ3n) is 7.17. The van der Waals surface area contributed by atoms with Gasteiger partial charge in [-0.2, -0.15) is 0 Å². The second kappa shape index (κ2) is 6.33. The maximum Gasteiger partial charge on any atom is 0.0717 e. The number of para-hydroxylation sites is 1. The van der Waals surface area contributed by atoms with Crippen LogP contribution in [0.5, 0.6) is 0 Å². The fourth-order valence-corrected chi connectivity index (χ4v) is 5.79. The summed E-state index contributed by atoms with van der Waals surface area (Å²) in [6.07, 6.45) is 9.49. The number of benzene rings is 2. The van der Waals surface area contributed by atoms with Gasteiger partial charge in [-0.3, -0.25) is 4.90 Å². The Kier molecular flexibility index (Phi) is 3.75. The Morgan fingerprint density at radius 2 is 1.93 bits per heavy atom. The summed E-state index contributed by atoms with van der Waals surface area (Å²) in [7, 11) is 0. The van der Waals surface area contributed by atoms with Gasteiger partial charge < -0.3 is 9.72 Å². The van der Waals surface area contributed by atoms with Crippen LogP contribution in [0.25, 0.3) is 10.9 Å². The number of H-pyrrole nitrogens is 1. The first-order valence-electron chi connectivity index (χ1n) is 10.5. The molecule has 5 atom stereocenters.